The molecule has 3 aromatic carbocycles. The van der Waals surface area contributed by atoms with Gasteiger partial charge < -0.3 is 0 Å². The normalized spacial score (nSPS) is 11.5. The molecule has 4 rings (SSSR count). The number of nitrogens with zero attached hydrogens (tertiary/aromatic N) is 3. The summed E-state index contributed by atoms with van der Waals surface area (Å²) in [5.41, 5.74) is 4.54. The monoisotopic (exact) mass is 501 g/mol. The molecule has 0 fully saturated rings. The predicted octanol–water partition coefficient (Wildman–Crippen LogP) is 4.61. The van der Waals surface area contributed by atoms with Crippen molar-refractivity contribution in [3.63, 3.8) is 0 Å². The molecule has 0 N–H and O–H groups in total. The Labute approximate surface area is 177 Å². The standard InChI is InChI=1S/C21H16IN3O2S/c1-28(26,27)19-9-5-8-17(14-19)15-10-12-18(13-11-15)25-21(22)20(23-24-25)16-6-3-2-4-7-16/h2-14H,1H3. The molecule has 0 atom stereocenters. The van der Waals surface area contributed by atoms with Gasteiger partial charge in [-0.3, -0.25) is 0 Å². The van der Waals surface area contributed by atoms with Crippen LogP contribution in [0.1, 0.15) is 0 Å². The molecule has 0 unspecified atom stereocenters. The highest BCUT2D eigenvalue weighted by Crippen LogP contribution is 2.27. The van der Waals surface area contributed by atoms with Crippen molar-refractivity contribution in [2.24, 2.45) is 0 Å². The second kappa shape index (κ2) is 7.48. The fraction of sp³-hybridized carbons (Fsp3) is 0.0476. The molecule has 0 saturated heterocycles. The van der Waals surface area contributed by atoms with Crippen LogP contribution in [0.4, 0.5) is 0 Å². The van der Waals surface area contributed by atoms with Gasteiger partial charge in [0.05, 0.1) is 10.6 Å². The highest BCUT2D eigenvalue weighted by Gasteiger charge is 2.13. The summed E-state index contributed by atoms with van der Waals surface area (Å²) in [6.07, 6.45) is 1.21. The quantitative estimate of drug-likeness (QED) is 0.384. The van der Waals surface area contributed by atoms with Gasteiger partial charge in [0.25, 0.3) is 0 Å². The summed E-state index contributed by atoms with van der Waals surface area (Å²) in [4.78, 5) is 0.312. The first kappa shape index (κ1) is 18.8. The van der Waals surface area contributed by atoms with Gasteiger partial charge in [-0.15, -0.1) is 5.10 Å². The maximum atomic E-state index is 11.8. The third kappa shape index (κ3) is 3.72. The molecule has 4 aromatic rings. The Hall–Kier alpha value is -2.52. The summed E-state index contributed by atoms with van der Waals surface area (Å²) in [7, 11) is -3.24. The van der Waals surface area contributed by atoms with E-state index in [4.69, 9.17) is 0 Å². The fourth-order valence-corrected chi connectivity index (χ4v) is 4.37. The fourth-order valence-electron chi connectivity index (χ4n) is 2.91. The van der Waals surface area contributed by atoms with Crippen molar-refractivity contribution in [1.29, 1.82) is 0 Å². The van der Waals surface area contributed by atoms with Gasteiger partial charge in [-0.05, 0) is 58.0 Å². The van der Waals surface area contributed by atoms with E-state index in [1.165, 1.54) is 6.26 Å². The first-order valence-electron chi connectivity index (χ1n) is 8.51. The Morgan fingerprint density at radius 1 is 0.821 bits per heavy atom. The molecule has 0 aliphatic heterocycles. The lowest BCUT2D eigenvalue weighted by Gasteiger charge is -2.07. The first-order valence-corrected chi connectivity index (χ1v) is 11.5. The van der Waals surface area contributed by atoms with Crippen molar-refractivity contribution >= 4 is 32.4 Å². The molecule has 0 radical (unpaired) electrons. The van der Waals surface area contributed by atoms with Crippen LogP contribution in [0.15, 0.2) is 83.8 Å². The number of aromatic nitrogens is 3. The molecule has 7 heteroatoms. The van der Waals surface area contributed by atoms with Gasteiger partial charge in [-0.25, -0.2) is 13.1 Å². The Bertz CT molecular complexity index is 1230. The second-order valence-electron chi connectivity index (χ2n) is 6.35. The van der Waals surface area contributed by atoms with Crippen molar-refractivity contribution in [3.8, 4) is 28.1 Å². The molecule has 28 heavy (non-hydrogen) atoms. The molecule has 1 heterocycles. The van der Waals surface area contributed by atoms with E-state index < -0.39 is 9.84 Å². The molecule has 0 aliphatic rings. The molecule has 0 spiro atoms. The van der Waals surface area contributed by atoms with E-state index in [0.717, 1.165) is 31.8 Å². The molecule has 0 amide bonds. The van der Waals surface area contributed by atoms with Crippen LogP contribution in [0, 0.1) is 3.70 Å². The average molecular weight is 501 g/mol. The lowest BCUT2D eigenvalue weighted by atomic mass is 10.1. The van der Waals surface area contributed by atoms with Crippen LogP contribution < -0.4 is 0 Å². The van der Waals surface area contributed by atoms with E-state index in [0.29, 0.717) is 4.90 Å². The minimum atomic E-state index is -3.24. The van der Waals surface area contributed by atoms with Gasteiger partial charge in [0, 0.05) is 11.8 Å². The Balaban J connectivity index is 1.67. The van der Waals surface area contributed by atoms with Gasteiger partial charge in [0.15, 0.2) is 9.84 Å². The summed E-state index contributed by atoms with van der Waals surface area (Å²) in [5.74, 6) is 0. The maximum absolute atomic E-state index is 11.8. The van der Waals surface area contributed by atoms with Crippen LogP contribution in [-0.4, -0.2) is 29.7 Å². The minimum Gasteiger partial charge on any atom is -0.224 e. The number of hydrogen-bond acceptors (Lipinski definition) is 4. The topological polar surface area (TPSA) is 64.8 Å². The number of sulfone groups is 1. The molecule has 5 nitrogen and oxygen atoms in total. The average Bonchev–Trinajstić information content (AvgIpc) is 3.09. The van der Waals surface area contributed by atoms with Gasteiger partial charge >= 0.3 is 0 Å². The first-order chi connectivity index (χ1) is 13.4. The lowest BCUT2D eigenvalue weighted by Crippen LogP contribution is -1.99. The van der Waals surface area contributed by atoms with E-state index in [1.807, 2.05) is 60.7 Å². The van der Waals surface area contributed by atoms with E-state index in [1.54, 1.807) is 22.9 Å². The SMILES string of the molecule is CS(=O)(=O)c1cccc(-c2ccc(-n3nnc(-c4ccccc4)c3I)cc2)c1. The molecular formula is C21H16IN3O2S. The van der Waals surface area contributed by atoms with Crippen molar-refractivity contribution in [1.82, 2.24) is 15.0 Å². The van der Waals surface area contributed by atoms with Crippen LogP contribution in [0.5, 0.6) is 0 Å². The Kier molecular flexibility index (Phi) is 5.03. The Morgan fingerprint density at radius 3 is 2.18 bits per heavy atom. The van der Waals surface area contributed by atoms with Gasteiger partial charge in [0.2, 0.25) is 0 Å². The van der Waals surface area contributed by atoms with Crippen LogP contribution in [0.3, 0.4) is 0 Å². The van der Waals surface area contributed by atoms with E-state index in [-0.39, 0.29) is 0 Å². The lowest BCUT2D eigenvalue weighted by molar-refractivity contribution is 0.602. The highest BCUT2D eigenvalue weighted by atomic mass is 127. The number of rotatable bonds is 4. The van der Waals surface area contributed by atoms with Crippen molar-refractivity contribution in [2.75, 3.05) is 6.26 Å². The summed E-state index contributed by atoms with van der Waals surface area (Å²) in [6.45, 7) is 0. The summed E-state index contributed by atoms with van der Waals surface area (Å²) in [5, 5.41) is 8.61. The van der Waals surface area contributed by atoms with Crippen molar-refractivity contribution in [3.05, 3.63) is 82.6 Å². The zero-order valence-corrected chi connectivity index (χ0v) is 17.9. The maximum Gasteiger partial charge on any atom is 0.175 e. The molecular weight excluding hydrogens is 485 g/mol. The van der Waals surface area contributed by atoms with Gasteiger partial charge in [-0.2, -0.15) is 0 Å². The van der Waals surface area contributed by atoms with Crippen molar-refractivity contribution in [2.45, 2.75) is 4.90 Å². The summed E-state index contributed by atoms with van der Waals surface area (Å²) in [6, 6.07) is 24.7. The Morgan fingerprint density at radius 2 is 1.50 bits per heavy atom. The summed E-state index contributed by atoms with van der Waals surface area (Å²) >= 11 is 2.25. The predicted molar refractivity (Wildman–Crippen MR) is 118 cm³/mol. The zero-order valence-electron chi connectivity index (χ0n) is 14.9. The third-order valence-electron chi connectivity index (χ3n) is 4.37. The number of benzene rings is 3. The zero-order chi connectivity index (χ0) is 19.7. The number of halogens is 1. The van der Waals surface area contributed by atoms with Crippen LogP contribution >= 0.6 is 22.6 Å². The molecule has 0 saturated carbocycles. The van der Waals surface area contributed by atoms with Crippen LogP contribution in [0.25, 0.3) is 28.1 Å². The third-order valence-corrected chi connectivity index (χ3v) is 6.45. The van der Waals surface area contributed by atoms with E-state index in [2.05, 4.69) is 32.9 Å². The second-order valence-corrected chi connectivity index (χ2v) is 9.39. The molecule has 1 aromatic heterocycles. The highest BCUT2D eigenvalue weighted by molar-refractivity contribution is 14.1. The van der Waals surface area contributed by atoms with Gasteiger partial charge in [0.1, 0.15) is 9.39 Å². The van der Waals surface area contributed by atoms with Crippen molar-refractivity contribution < 1.29 is 8.42 Å². The largest absolute Gasteiger partial charge is 0.224 e. The number of hydrogen-bond donors (Lipinski definition) is 0. The van der Waals surface area contributed by atoms with E-state index >= 15 is 0 Å². The molecule has 140 valence electrons. The minimum absolute atomic E-state index is 0.312. The van der Waals surface area contributed by atoms with Crippen LogP contribution in [-0.2, 0) is 9.84 Å². The summed E-state index contributed by atoms with van der Waals surface area (Å²) < 4.78 is 26.3. The molecule has 0 aliphatic carbocycles. The smallest absolute Gasteiger partial charge is 0.175 e. The van der Waals surface area contributed by atoms with Gasteiger partial charge in [-0.1, -0.05) is 59.8 Å². The van der Waals surface area contributed by atoms with E-state index in [9.17, 15) is 8.42 Å². The van der Waals surface area contributed by atoms with Crippen LogP contribution in [0.2, 0.25) is 0 Å². The molecule has 0 bridgehead atoms.